The van der Waals surface area contributed by atoms with Gasteiger partial charge in [-0.25, -0.2) is 0 Å². The highest BCUT2D eigenvalue weighted by atomic mass is 16.5. The van der Waals surface area contributed by atoms with Crippen molar-refractivity contribution in [1.82, 2.24) is 0 Å². The molecule has 0 bridgehead atoms. The molecule has 2 nitrogen and oxygen atoms in total. The molecule has 1 saturated heterocycles. The van der Waals surface area contributed by atoms with Crippen LogP contribution in [-0.4, -0.2) is 12.6 Å². The summed E-state index contributed by atoms with van der Waals surface area (Å²) in [6.07, 6.45) is 6.65. The van der Waals surface area contributed by atoms with Crippen LogP contribution in [0.4, 0.5) is 0 Å². The van der Waals surface area contributed by atoms with E-state index in [0.29, 0.717) is 18.9 Å². The molecule has 0 amide bonds. The number of benzene rings is 1. The van der Waals surface area contributed by atoms with Gasteiger partial charge in [0.25, 0.3) is 0 Å². The molecule has 2 atom stereocenters. The van der Waals surface area contributed by atoms with Crippen molar-refractivity contribution >= 4 is 5.97 Å². The topological polar surface area (TPSA) is 26.3 Å². The Morgan fingerprint density at radius 1 is 1.22 bits per heavy atom. The molecule has 2 heteroatoms. The summed E-state index contributed by atoms with van der Waals surface area (Å²) in [5.41, 5.74) is 1.59. The van der Waals surface area contributed by atoms with Gasteiger partial charge in [0.1, 0.15) is 0 Å². The molecule has 2 fully saturated rings. The number of fused-ring (bicyclic) bond motifs is 1. The first kappa shape index (κ1) is 11.8. The number of rotatable bonds is 2. The van der Waals surface area contributed by atoms with Crippen molar-refractivity contribution < 1.29 is 9.53 Å². The summed E-state index contributed by atoms with van der Waals surface area (Å²) in [5.74, 6) is 0.540. The molecule has 1 saturated carbocycles. The van der Waals surface area contributed by atoms with E-state index in [2.05, 4.69) is 30.3 Å². The van der Waals surface area contributed by atoms with Gasteiger partial charge in [0.05, 0.1) is 6.61 Å². The van der Waals surface area contributed by atoms with Gasteiger partial charge in [-0.1, -0.05) is 43.2 Å². The summed E-state index contributed by atoms with van der Waals surface area (Å²) < 4.78 is 5.38. The summed E-state index contributed by atoms with van der Waals surface area (Å²) in [6, 6.07) is 10.6. The molecule has 1 aliphatic heterocycles. The van der Waals surface area contributed by atoms with Gasteiger partial charge in [-0.15, -0.1) is 0 Å². The van der Waals surface area contributed by atoms with Gasteiger partial charge in [0.15, 0.2) is 0 Å². The maximum atomic E-state index is 11.5. The third kappa shape index (κ3) is 2.16. The Balaban J connectivity index is 1.83. The van der Waals surface area contributed by atoms with E-state index in [4.69, 9.17) is 4.74 Å². The fraction of sp³-hybridized carbons (Fsp3) is 0.562. The second kappa shape index (κ2) is 4.75. The summed E-state index contributed by atoms with van der Waals surface area (Å²) in [5, 5.41) is 0. The van der Waals surface area contributed by atoms with Crippen LogP contribution < -0.4 is 0 Å². The second-order valence-electron chi connectivity index (χ2n) is 5.83. The molecule has 1 aromatic carbocycles. The summed E-state index contributed by atoms with van der Waals surface area (Å²) in [4.78, 5) is 11.5. The van der Waals surface area contributed by atoms with Crippen LogP contribution in [0.3, 0.4) is 0 Å². The summed E-state index contributed by atoms with van der Waals surface area (Å²) in [7, 11) is 0. The van der Waals surface area contributed by atoms with E-state index in [9.17, 15) is 4.79 Å². The average molecular weight is 244 g/mol. The standard InChI is InChI=1S/C16H20O2/c17-15-10-14-8-4-5-9-16(14,12-18-15)11-13-6-2-1-3-7-13/h1-3,6-7,14H,4-5,8-12H2/t14-,16-/m1/s1. The molecule has 1 aromatic rings. The maximum absolute atomic E-state index is 11.5. The predicted molar refractivity (Wildman–Crippen MR) is 70.1 cm³/mol. The normalized spacial score (nSPS) is 31.6. The van der Waals surface area contributed by atoms with Gasteiger partial charge in [-0.3, -0.25) is 4.79 Å². The first-order valence-electron chi connectivity index (χ1n) is 6.98. The zero-order valence-corrected chi connectivity index (χ0v) is 10.7. The van der Waals surface area contributed by atoms with Gasteiger partial charge in [-0.2, -0.15) is 0 Å². The number of hydrogen-bond acceptors (Lipinski definition) is 2. The average Bonchev–Trinajstić information content (AvgIpc) is 2.40. The van der Waals surface area contributed by atoms with Crippen molar-refractivity contribution in [2.75, 3.05) is 6.61 Å². The van der Waals surface area contributed by atoms with Crippen LogP contribution in [0.15, 0.2) is 30.3 Å². The van der Waals surface area contributed by atoms with Crippen LogP contribution in [0.5, 0.6) is 0 Å². The van der Waals surface area contributed by atoms with E-state index in [0.717, 1.165) is 6.42 Å². The minimum Gasteiger partial charge on any atom is -0.465 e. The first-order chi connectivity index (χ1) is 8.78. The number of esters is 1. The van der Waals surface area contributed by atoms with E-state index in [1.54, 1.807) is 0 Å². The third-order valence-corrected chi connectivity index (χ3v) is 4.68. The zero-order chi connectivity index (χ0) is 12.4. The number of hydrogen-bond donors (Lipinski definition) is 0. The zero-order valence-electron chi connectivity index (χ0n) is 10.7. The Labute approximate surface area is 108 Å². The minimum atomic E-state index is 0.00517. The number of carbonyl (C=O) groups excluding carboxylic acids is 1. The highest BCUT2D eigenvalue weighted by Gasteiger charge is 2.45. The van der Waals surface area contributed by atoms with Gasteiger partial charge in [0.2, 0.25) is 0 Å². The molecule has 0 N–H and O–H groups in total. The summed E-state index contributed by atoms with van der Waals surface area (Å²) >= 11 is 0. The number of cyclic esters (lactones) is 1. The quantitative estimate of drug-likeness (QED) is 0.746. The molecular weight excluding hydrogens is 224 g/mol. The minimum absolute atomic E-state index is 0.00517. The van der Waals surface area contributed by atoms with Crippen LogP contribution in [0.25, 0.3) is 0 Å². The molecule has 3 rings (SSSR count). The van der Waals surface area contributed by atoms with E-state index < -0.39 is 0 Å². The molecule has 1 heterocycles. The molecule has 96 valence electrons. The lowest BCUT2D eigenvalue weighted by molar-refractivity contribution is -0.163. The first-order valence-corrected chi connectivity index (χ1v) is 6.98. The molecule has 0 unspecified atom stereocenters. The van der Waals surface area contributed by atoms with Crippen LogP contribution in [0, 0.1) is 11.3 Å². The molecule has 1 aliphatic carbocycles. The van der Waals surface area contributed by atoms with Crippen LogP contribution in [0.1, 0.15) is 37.7 Å². The summed E-state index contributed by atoms with van der Waals surface area (Å²) in [6.45, 7) is 0.630. The van der Waals surface area contributed by atoms with Crippen molar-refractivity contribution in [2.45, 2.75) is 38.5 Å². The Bertz CT molecular complexity index is 426. The number of ether oxygens (including phenoxy) is 1. The van der Waals surface area contributed by atoms with Gasteiger partial charge in [-0.05, 0) is 30.7 Å². The maximum Gasteiger partial charge on any atom is 0.306 e. The lowest BCUT2D eigenvalue weighted by atomic mass is 9.62. The van der Waals surface area contributed by atoms with Crippen molar-refractivity contribution in [1.29, 1.82) is 0 Å². The molecular formula is C16H20O2. The molecule has 0 radical (unpaired) electrons. The van der Waals surface area contributed by atoms with E-state index in [-0.39, 0.29) is 11.4 Å². The highest BCUT2D eigenvalue weighted by molar-refractivity contribution is 5.70. The third-order valence-electron chi connectivity index (χ3n) is 4.68. The molecule has 2 aliphatic rings. The van der Waals surface area contributed by atoms with Gasteiger partial charge < -0.3 is 4.74 Å². The Kier molecular flexibility index (Phi) is 3.11. The van der Waals surface area contributed by atoms with Crippen LogP contribution >= 0.6 is 0 Å². The highest BCUT2D eigenvalue weighted by Crippen LogP contribution is 2.48. The molecule has 0 aromatic heterocycles. The SMILES string of the molecule is O=C1C[C@H]2CCCC[C@@]2(Cc2ccccc2)CO1. The van der Waals surface area contributed by atoms with E-state index in [1.807, 2.05) is 0 Å². The van der Waals surface area contributed by atoms with Crippen molar-refractivity contribution in [3.63, 3.8) is 0 Å². The fourth-order valence-electron chi connectivity index (χ4n) is 3.66. The van der Waals surface area contributed by atoms with Crippen molar-refractivity contribution in [3.05, 3.63) is 35.9 Å². The van der Waals surface area contributed by atoms with Gasteiger partial charge in [0, 0.05) is 11.8 Å². The van der Waals surface area contributed by atoms with Crippen molar-refractivity contribution in [2.24, 2.45) is 11.3 Å². The molecule has 18 heavy (non-hydrogen) atoms. The predicted octanol–water partition coefficient (Wildman–Crippen LogP) is 3.35. The molecule has 0 spiro atoms. The van der Waals surface area contributed by atoms with Gasteiger partial charge >= 0.3 is 5.97 Å². The Morgan fingerprint density at radius 2 is 2.06 bits per heavy atom. The monoisotopic (exact) mass is 244 g/mol. The van der Waals surface area contributed by atoms with E-state index in [1.165, 1.54) is 31.2 Å². The fourth-order valence-corrected chi connectivity index (χ4v) is 3.66. The largest absolute Gasteiger partial charge is 0.465 e. The second-order valence-corrected chi connectivity index (χ2v) is 5.83. The van der Waals surface area contributed by atoms with Crippen LogP contribution in [0.2, 0.25) is 0 Å². The smallest absolute Gasteiger partial charge is 0.306 e. The Morgan fingerprint density at radius 3 is 2.89 bits per heavy atom. The van der Waals surface area contributed by atoms with Crippen LogP contribution in [-0.2, 0) is 16.0 Å². The number of carbonyl (C=O) groups is 1. The Hall–Kier alpha value is -1.31. The lowest BCUT2D eigenvalue weighted by Crippen LogP contribution is -2.45. The van der Waals surface area contributed by atoms with E-state index >= 15 is 0 Å². The van der Waals surface area contributed by atoms with Crippen molar-refractivity contribution in [3.8, 4) is 0 Å². The lowest BCUT2D eigenvalue weighted by Gasteiger charge is -2.46.